The summed E-state index contributed by atoms with van der Waals surface area (Å²) in [6.45, 7) is 2.74. The van der Waals surface area contributed by atoms with Crippen molar-refractivity contribution in [3.63, 3.8) is 0 Å². The molecular weight excluding hydrogens is 242 g/mol. The molecule has 2 rings (SSSR count). The Kier molecular flexibility index (Phi) is 4.29. The van der Waals surface area contributed by atoms with Crippen molar-refractivity contribution in [3.8, 4) is 23.6 Å². The van der Waals surface area contributed by atoms with Crippen LogP contribution >= 0.6 is 0 Å². The van der Waals surface area contributed by atoms with E-state index >= 15 is 0 Å². The summed E-state index contributed by atoms with van der Waals surface area (Å²) in [6, 6.07) is 10.8. The molecule has 0 saturated heterocycles. The van der Waals surface area contributed by atoms with Gasteiger partial charge in [0.15, 0.2) is 0 Å². The standard InChI is InChI=1S/C14H13N3O2/c1-2-9-18-12-3-5-13(6-4-12)19-14-16-8-7-11(10-15)17-14/h3-8H,2,9H2,1H3. The van der Waals surface area contributed by atoms with Gasteiger partial charge in [0.1, 0.15) is 23.3 Å². The molecule has 19 heavy (non-hydrogen) atoms. The first kappa shape index (κ1) is 12.8. The van der Waals surface area contributed by atoms with Crippen molar-refractivity contribution in [2.75, 3.05) is 6.61 Å². The highest BCUT2D eigenvalue weighted by molar-refractivity contribution is 5.33. The number of ether oxygens (including phenoxy) is 2. The van der Waals surface area contributed by atoms with Gasteiger partial charge in [-0.1, -0.05) is 6.92 Å². The van der Waals surface area contributed by atoms with Gasteiger partial charge < -0.3 is 9.47 Å². The molecule has 0 N–H and O–H groups in total. The van der Waals surface area contributed by atoms with Crippen LogP contribution in [-0.2, 0) is 0 Å². The molecule has 0 saturated carbocycles. The molecule has 5 heteroatoms. The average Bonchev–Trinajstić information content (AvgIpc) is 2.47. The summed E-state index contributed by atoms with van der Waals surface area (Å²) >= 11 is 0. The van der Waals surface area contributed by atoms with E-state index in [1.54, 1.807) is 12.1 Å². The molecule has 0 spiro atoms. The second-order valence-corrected chi connectivity index (χ2v) is 3.76. The van der Waals surface area contributed by atoms with Gasteiger partial charge in [-0.2, -0.15) is 10.2 Å². The van der Waals surface area contributed by atoms with Crippen LogP contribution in [0.15, 0.2) is 36.5 Å². The summed E-state index contributed by atoms with van der Waals surface area (Å²) < 4.78 is 10.9. The van der Waals surface area contributed by atoms with E-state index in [9.17, 15) is 0 Å². The van der Waals surface area contributed by atoms with Gasteiger partial charge in [0.2, 0.25) is 0 Å². The minimum Gasteiger partial charge on any atom is -0.494 e. The molecule has 96 valence electrons. The summed E-state index contributed by atoms with van der Waals surface area (Å²) in [4.78, 5) is 7.87. The zero-order chi connectivity index (χ0) is 13.5. The maximum Gasteiger partial charge on any atom is 0.323 e. The van der Waals surface area contributed by atoms with E-state index in [1.165, 1.54) is 12.3 Å². The Labute approximate surface area is 111 Å². The number of aromatic nitrogens is 2. The van der Waals surface area contributed by atoms with E-state index in [2.05, 4.69) is 16.9 Å². The summed E-state index contributed by atoms with van der Waals surface area (Å²) in [6.07, 6.45) is 2.45. The van der Waals surface area contributed by atoms with Gasteiger partial charge in [-0.05, 0) is 36.8 Å². The fourth-order valence-corrected chi connectivity index (χ4v) is 1.38. The van der Waals surface area contributed by atoms with Crippen molar-refractivity contribution < 1.29 is 9.47 Å². The van der Waals surface area contributed by atoms with Crippen molar-refractivity contribution in [2.45, 2.75) is 13.3 Å². The Morgan fingerprint density at radius 3 is 2.58 bits per heavy atom. The topological polar surface area (TPSA) is 68.0 Å². The molecular formula is C14H13N3O2. The molecule has 0 aliphatic rings. The molecule has 5 nitrogen and oxygen atoms in total. The molecule has 2 aromatic rings. The largest absolute Gasteiger partial charge is 0.494 e. The number of hydrogen-bond acceptors (Lipinski definition) is 5. The van der Waals surface area contributed by atoms with Gasteiger partial charge in [0.05, 0.1) is 6.61 Å². The number of benzene rings is 1. The molecule has 1 aromatic carbocycles. The van der Waals surface area contributed by atoms with Gasteiger partial charge in [-0.15, -0.1) is 0 Å². The third-order valence-corrected chi connectivity index (χ3v) is 2.25. The number of nitrogens with zero attached hydrogens (tertiary/aromatic N) is 3. The van der Waals surface area contributed by atoms with Gasteiger partial charge >= 0.3 is 6.01 Å². The molecule has 0 amide bonds. The molecule has 1 heterocycles. The van der Waals surface area contributed by atoms with Gasteiger partial charge in [0.25, 0.3) is 0 Å². The number of hydrogen-bond donors (Lipinski definition) is 0. The summed E-state index contributed by atoms with van der Waals surface area (Å²) in [5, 5.41) is 8.73. The van der Waals surface area contributed by atoms with Crippen LogP contribution in [0.1, 0.15) is 19.0 Å². The Morgan fingerprint density at radius 2 is 1.89 bits per heavy atom. The highest BCUT2D eigenvalue weighted by atomic mass is 16.5. The number of rotatable bonds is 5. The Morgan fingerprint density at radius 1 is 1.16 bits per heavy atom. The zero-order valence-electron chi connectivity index (χ0n) is 10.5. The van der Waals surface area contributed by atoms with Crippen LogP contribution in [0.25, 0.3) is 0 Å². The number of nitriles is 1. The predicted molar refractivity (Wildman–Crippen MR) is 69.0 cm³/mol. The highest BCUT2D eigenvalue weighted by Crippen LogP contribution is 2.21. The first-order valence-electron chi connectivity index (χ1n) is 5.95. The zero-order valence-corrected chi connectivity index (χ0v) is 10.5. The fourth-order valence-electron chi connectivity index (χ4n) is 1.38. The molecule has 0 aliphatic heterocycles. The molecule has 1 aromatic heterocycles. The van der Waals surface area contributed by atoms with Crippen LogP contribution in [0.2, 0.25) is 0 Å². The van der Waals surface area contributed by atoms with Gasteiger partial charge in [-0.25, -0.2) is 4.98 Å². The SMILES string of the molecule is CCCOc1ccc(Oc2nccc(C#N)n2)cc1. The summed E-state index contributed by atoms with van der Waals surface area (Å²) in [5.41, 5.74) is 0.271. The predicted octanol–water partition coefficient (Wildman–Crippen LogP) is 2.93. The van der Waals surface area contributed by atoms with Crippen LogP contribution in [0.5, 0.6) is 17.5 Å². The van der Waals surface area contributed by atoms with Crippen molar-refractivity contribution in [1.82, 2.24) is 9.97 Å². The molecule has 0 fully saturated rings. The Hall–Kier alpha value is -2.61. The van der Waals surface area contributed by atoms with Crippen molar-refractivity contribution in [2.24, 2.45) is 0 Å². The third-order valence-electron chi connectivity index (χ3n) is 2.25. The monoisotopic (exact) mass is 255 g/mol. The Bertz CT molecular complexity index is 576. The maximum atomic E-state index is 8.73. The van der Waals surface area contributed by atoms with Crippen LogP contribution in [0.3, 0.4) is 0 Å². The van der Waals surface area contributed by atoms with Crippen molar-refractivity contribution >= 4 is 0 Å². The second-order valence-electron chi connectivity index (χ2n) is 3.76. The second kappa shape index (κ2) is 6.36. The normalized spacial score (nSPS) is 9.68. The molecule has 0 bridgehead atoms. The Balaban J connectivity index is 2.04. The lowest BCUT2D eigenvalue weighted by atomic mass is 10.3. The van der Waals surface area contributed by atoms with Gasteiger partial charge in [0, 0.05) is 6.20 Å². The van der Waals surface area contributed by atoms with E-state index in [4.69, 9.17) is 14.7 Å². The quantitative estimate of drug-likeness (QED) is 0.821. The van der Waals surface area contributed by atoms with Crippen LogP contribution in [0.4, 0.5) is 0 Å². The molecule has 0 aliphatic carbocycles. The van der Waals surface area contributed by atoms with E-state index in [0.29, 0.717) is 12.4 Å². The van der Waals surface area contributed by atoms with E-state index in [-0.39, 0.29) is 11.7 Å². The van der Waals surface area contributed by atoms with Crippen molar-refractivity contribution in [1.29, 1.82) is 5.26 Å². The fraction of sp³-hybridized carbons (Fsp3) is 0.214. The van der Waals surface area contributed by atoms with E-state index in [0.717, 1.165) is 12.2 Å². The third kappa shape index (κ3) is 3.68. The first-order valence-corrected chi connectivity index (χ1v) is 5.95. The maximum absolute atomic E-state index is 8.73. The minimum atomic E-state index is 0.154. The molecule has 0 unspecified atom stereocenters. The van der Waals surface area contributed by atoms with Crippen molar-refractivity contribution in [3.05, 3.63) is 42.2 Å². The summed E-state index contributed by atoms with van der Waals surface area (Å²) in [7, 11) is 0. The first-order chi connectivity index (χ1) is 9.31. The smallest absolute Gasteiger partial charge is 0.323 e. The van der Waals surface area contributed by atoms with E-state index in [1.807, 2.05) is 18.2 Å². The average molecular weight is 255 g/mol. The lowest BCUT2D eigenvalue weighted by molar-refractivity contribution is 0.317. The van der Waals surface area contributed by atoms with Crippen LogP contribution < -0.4 is 9.47 Å². The van der Waals surface area contributed by atoms with Crippen LogP contribution in [0, 0.1) is 11.3 Å². The van der Waals surface area contributed by atoms with E-state index < -0.39 is 0 Å². The highest BCUT2D eigenvalue weighted by Gasteiger charge is 2.02. The molecule has 0 radical (unpaired) electrons. The summed E-state index contributed by atoms with van der Waals surface area (Å²) in [5.74, 6) is 1.39. The van der Waals surface area contributed by atoms with Gasteiger partial charge in [-0.3, -0.25) is 0 Å². The van der Waals surface area contributed by atoms with Crippen LogP contribution in [-0.4, -0.2) is 16.6 Å². The molecule has 0 atom stereocenters. The minimum absolute atomic E-state index is 0.154. The lowest BCUT2D eigenvalue weighted by Gasteiger charge is -2.06. The lowest BCUT2D eigenvalue weighted by Crippen LogP contribution is -1.95.